The quantitative estimate of drug-likeness (QED) is 0.633. The molecule has 1 atom stereocenters. The van der Waals surface area contributed by atoms with E-state index in [0.717, 1.165) is 4.47 Å². The molecule has 0 amide bonds. The normalized spacial score (nSPS) is 21.6. The Hall–Kier alpha value is -0.870. The van der Waals surface area contributed by atoms with E-state index < -0.39 is 0 Å². The second kappa shape index (κ2) is 3.86. The van der Waals surface area contributed by atoms with Gasteiger partial charge in [0.15, 0.2) is 5.78 Å². The molecule has 1 unspecified atom stereocenters. The number of Topliss-reactive ketones (excluding diaryl/α,β-unsaturated/α-hetero) is 1. The molecule has 0 N–H and O–H groups in total. The first-order valence-electron chi connectivity index (χ1n) is 5.01. The van der Waals surface area contributed by atoms with Crippen LogP contribution in [-0.2, 0) is 4.74 Å². The maximum absolute atomic E-state index is 12.0. The predicted molar refractivity (Wildman–Crippen MR) is 64.0 cm³/mol. The third kappa shape index (κ3) is 1.99. The van der Waals surface area contributed by atoms with Crippen LogP contribution in [0.4, 0.5) is 0 Å². The van der Waals surface area contributed by atoms with Gasteiger partial charge < -0.3 is 9.47 Å². The van der Waals surface area contributed by atoms with Gasteiger partial charge in [0.05, 0.1) is 17.2 Å². The van der Waals surface area contributed by atoms with Crippen molar-refractivity contribution in [1.82, 2.24) is 0 Å². The molecule has 1 saturated heterocycles. The third-order valence-electron chi connectivity index (χ3n) is 2.67. The molecule has 86 valence electrons. The number of epoxide rings is 1. The van der Waals surface area contributed by atoms with E-state index in [9.17, 15) is 4.79 Å². The highest BCUT2D eigenvalue weighted by molar-refractivity contribution is 9.10. The van der Waals surface area contributed by atoms with Crippen LogP contribution in [-0.4, -0.2) is 24.6 Å². The molecule has 0 saturated carbocycles. The molecule has 1 fully saturated rings. The summed E-state index contributed by atoms with van der Waals surface area (Å²) in [6, 6.07) is 5.29. The van der Waals surface area contributed by atoms with E-state index in [4.69, 9.17) is 9.47 Å². The number of hydrogen-bond donors (Lipinski definition) is 0. The fourth-order valence-electron chi connectivity index (χ4n) is 1.61. The SMILES string of the molecule is COc1ccc(C(=O)C2OC2(C)C)cc1Br. The molecular weight excluding hydrogens is 272 g/mol. The Morgan fingerprint density at radius 3 is 2.56 bits per heavy atom. The minimum absolute atomic E-state index is 0.0216. The van der Waals surface area contributed by atoms with Gasteiger partial charge in [0.1, 0.15) is 11.9 Å². The van der Waals surface area contributed by atoms with Gasteiger partial charge >= 0.3 is 0 Å². The van der Waals surface area contributed by atoms with E-state index >= 15 is 0 Å². The van der Waals surface area contributed by atoms with Crippen molar-refractivity contribution >= 4 is 21.7 Å². The van der Waals surface area contributed by atoms with Gasteiger partial charge in [0, 0.05) is 5.56 Å². The predicted octanol–water partition coefficient (Wildman–Crippen LogP) is 2.82. The second-order valence-corrected chi connectivity index (χ2v) is 5.17. The minimum Gasteiger partial charge on any atom is -0.496 e. The van der Waals surface area contributed by atoms with E-state index in [0.29, 0.717) is 11.3 Å². The van der Waals surface area contributed by atoms with Crippen LogP contribution in [0.2, 0.25) is 0 Å². The molecule has 0 aliphatic carbocycles. The fourth-order valence-corrected chi connectivity index (χ4v) is 2.15. The number of ketones is 1. The van der Waals surface area contributed by atoms with Crippen molar-refractivity contribution in [2.45, 2.75) is 25.6 Å². The molecule has 0 radical (unpaired) electrons. The minimum atomic E-state index is -0.316. The first-order valence-corrected chi connectivity index (χ1v) is 5.80. The number of hydrogen-bond acceptors (Lipinski definition) is 3. The lowest BCUT2D eigenvalue weighted by atomic mass is 10.0. The van der Waals surface area contributed by atoms with Gasteiger partial charge in [-0.2, -0.15) is 0 Å². The molecule has 1 aromatic carbocycles. The lowest BCUT2D eigenvalue weighted by Gasteiger charge is -2.05. The maximum Gasteiger partial charge on any atom is 0.194 e. The fraction of sp³-hybridized carbons (Fsp3) is 0.417. The van der Waals surface area contributed by atoms with Crippen LogP contribution < -0.4 is 4.74 Å². The highest BCUT2D eigenvalue weighted by atomic mass is 79.9. The van der Waals surface area contributed by atoms with Crippen molar-refractivity contribution in [1.29, 1.82) is 0 Å². The highest BCUT2D eigenvalue weighted by Gasteiger charge is 2.52. The van der Waals surface area contributed by atoms with Gasteiger partial charge in [-0.05, 0) is 48.0 Å². The van der Waals surface area contributed by atoms with Crippen LogP contribution in [0.15, 0.2) is 22.7 Å². The lowest BCUT2D eigenvalue weighted by Crippen LogP contribution is -2.14. The zero-order chi connectivity index (χ0) is 11.9. The number of rotatable bonds is 3. The summed E-state index contributed by atoms with van der Waals surface area (Å²) in [4.78, 5) is 12.0. The molecule has 0 spiro atoms. The number of carbonyl (C=O) groups excluding carboxylic acids is 1. The molecular formula is C12H13BrO3. The van der Waals surface area contributed by atoms with E-state index in [1.165, 1.54) is 0 Å². The van der Waals surface area contributed by atoms with Gasteiger partial charge in [-0.15, -0.1) is 0 Å². The van der Waals surface area contributed by atoms with E-state index in [1.807, 2.05) is 13.8 Å². The third-order valence-corrected chi connectivity index (χ3v) is 3.29. The average molecular weight is 285 g/mol. The molecule has 0 aromatic heterocycles. The summed E-state index contributed by atoms with van der Waals surface area (Å²) < 4.78 is 11.2. The molecule has 1 aromatic rings. The molecule has 16 heavy (non-hydrogen) atoms. The largest absolute Gasteiger partial charge is 0.496 e. The monoisotopic (exact) mass is 284 g/mol. The summed E-state index contributed by atoms with van der Waals surface area (Å²) >= 11 is 3.36. The first-order chi connectivity index (χ1) is 7.45. The van der Waals surface area contributed by atoms with Crippen LogP contribution in [0.25, 0.3) is 0 Å². The van der Waals surface area contributed by atoms with Gasteiger partial charge in [-0.3, -0.25) is 4.79 Å². The standard InChI is InChI=1S/C12H13BrO3/c1-12(2)11(16-12)10(14)7-4-5-9(15-3)8(13)6-7/h4-6,11H,1-3H3. The zero-order valence-electron chi connectivity index (χ0n) is 9.41. The van der Waals surface area contributed by atoms with Crippen LogP contribution >= 0.6 is 15.9 Å². The van der Waals surface area contributed by atoms with Crippen LogP contribution in [0.3, 0.4) is 0 Å². The number of carbonyl (C=O) groups is 1. The molecule has 0 bridgehead atoms. The van der Waals surface area contributed by atoms with Crippen LogP contribution in [0.5, 0.6) is 5.75 Å². The Morgan fingerprint density at radius 2 is 2.12 bits per heavy atom. The van der Waals surface area contributed by atoms with Crippen molar-refractivity contribution in [3.63, 3.8) is 0 Å². The Labute approximate surface area is 103 Å². The molecule has 1 aliphatic rings. The summed E-state index contributed by atoms with van der Waals surface area (Å²) in [7, 11) is 1.59. The van der Waals surface area contributed by atoms with E-state index in [-0.39, 0.29) is 17.5 Å². The van der Waals surface area contributed by atoms with Gasteiger partial charge in [-0.25, -0.2) is 0 Å². The number of halogens is 1. The maximum atomic E-state index is 12.0. The number of ether oxygens (including phenoxy) is 2. The van der Waals surface area contributed by atoms with E-state index in [2.05, 4.69) is 15.9 Å². The molecule has 1 heterocycles. The molecule has 1 aliphatic heterocycles. The Morgan fingerprint density at radius 1 is 1.50 bits per heavy atom. The van der Waals surface area contributed by atoms with Gasteiger partial charge in [0.25, 0.3) is 0 Å². The lowest BCUT2D eigenvalue weighted by molar-refractivity contribution is 0.0953. The highest BCUT2D eigenvalue weighted by Crippen LogP contribution is 2.38. The summed E-state index contributed by atoms with van der Waals surface area (Å²) in [6.45, 7) is 3.82. The topological polar surface area (TPSA) is 38.8 Å². The van der Waals surface area contributed by atoms with Crippen molar-refractivity contribution < 1.29 is 14.3 Å². The van der Waals surface area contributed by atoms with E-state index in [1.54, 1.807) is 25.3 Å². The number of methoxy groups -OCH3 is 1. The van der Waals surface area contributed by atoms with Crippen LogP contribution in [0.1, 0.15) is 24.2 Å². The van der Waals surface area contributed by atoms with Crippen molar-refractivity contribution in [2.24, 2.45) is 0 Å². The number of benzene rings is 1. The summed E-state index contributed by atoms with van der Waals surface area (Å²) in [6.07, 6.45) is -0.312. The van der Waals surface area contributed by atoms with Crippen molar-refractivity contribution in [2.75, 3.05) is 7.11 Å². The first kappa shape index (κ1) is 11.6. The summed E-state index contributed by atoms with van der Waals surface area (Å²) in [5.74, 6) is 0.737. The summed E-state index contributed by atoms with van der Waals surface area (Å²) in [5, 5.41) is 0. The van der Waals surface area contributed by atoms with Crippen molar-refractivity contribution in [3.05, 3.63) is 28.2 Å². The van der Waals surface area contributed by atoms with Crippen molar-refractivity contribution in [3.8, 4) is 5.75 Å². The smallest absolute Gasteiger partial charge is 0.194 e. The Kier molecular flexibility index (Phi) is 2.80. The van der Waals surface area contributed by atoms with Gasteiger partial charge in [0.2, 0.25) is 0 Å². The zero-order valence-corrected chi connectivity index (χ0v) is 11.0. The molecule has 3 nitrogen and oxygen atoms in total. The second-order valence-electron chi connectivity index (χ2n) is 4.31. The van der Waals surface area contributed by atoms with Gasteiger partial charge in [-0.1, -0.05) is 0 Å². The average Bonchev–Trinajstić information content (AvgIpc) is 2.86. The summed E-state index contributed by atoms with van der Waals surface area (Å²) in [5.41, 5.74) is 0.326. The molecule has 2 rings (SSSR count). The van der Waals surface area contributed by atoms with Crippen LogP contribution in [0, 0.1) is 0 Å². The molecule has 4 heteroatoms. The Bertz CT molecular complexity index is 440. The Balaban J connectivity index is 2.22.